The van der Waals surface area contributed by atoms with Crippen LogP contribution in [0.5, 0.6) is 0 Å². The van der Waals surface area contributed by atoms with E-state index in [1.807, 2.05) is 24.3 Å². The smallest absolute Gasteiger partial charge is 0.307 e. The van der Waals surface area contributed by atoms with Crippen molar-refractivity contribution in [1.29, 1.82) is 0 Å². The Morgan fingerprint density at radius 1 is 1.13 bits per heavy atom. The van der Waals surface area contributed by atoms with Crippen LogP contribution in [-0.2, 0) is 15.3 Å². The molecule has 3 aromatic rings. The average molecular weight is 455 g/mol. The molecule has 2 N–H and O–H groups in total. The second-order valence-electron chi connectivity index (χ2n) is 7.90. The number of aromatic nitrogens is 1. The number of nitrogens with one attached hydrogen (secondary N) is 1. The first-order valence-electron chi connectivity index (χ1n) is 9.98. The standard InChI is InChI=1S/C23H19FN2O3S2/c24-15-5-1-12(2-6-15)11-30-23-26-17-8-7-16(10-18(17)31-23)25-21(27)19-13-3-4-14(9-13)20(19)22(28)29/h1-8,10,13-14,19-20H,9,11H2,(H,25,27)(H,28,29)/t13-,14-,19+,20+/m0/s1. The summed E-state index contributed by atoms with van der Waals surface area (Å²) in [5.41, 5.74) is 2.51. The molecule has 4 atom stereocenters. The fourth-order valence-electron chi connectivity index (χ4n) is 4.51. The highest BCUT2D eigenvalue weighted by Crippen LogP contribution is 2.48. The van der Waals surface area contributed by atoms with Gasteiger partial charge in [0.05, 0.1) is 22.1 Å². The number of fused-ring (bicyclic) bond motifs is 3. The van der Waals surface area contributed by atoms with Gasteiger partial charge in [0, 0.05) is 11.4 Å². The minimum atomic E-state index is -0.905. The first-order valence-corrected chi connectivity index (χ1v) is 11.8. The Kier molecular flexibility index (Phi) is 5.27. The van der Waals surface area contributed by atoms with Crippen molar-refractivity contribution >= 4 is 50.9 Å². The molecule has 2 bridgehead atoms. The van der Waals surface area contributed by atoms with Crippen molar-refractivity contribution in [3.63, 3.8) is 0 Å². The van der Waals surface area contributed by atoms with Crippen molar-refractivity contribution in [3.05, 3.63) is 66.0 Å². The van der Waals surface area contributed by atoms with Gasteiger partial charge in [-0.1, -0.05) is 36.0 Å². The third kappa shape index (κ3) is 3.97. The summed E-state index contributed by atoms with van der Waals surface area (Å²) in [6.45, 7) is 0. The van der Waals surface area contributed by atoms with E-state index < -0.39 is 17.8 Å². The Labute approximate surface area is 186 Å². The molecule has 0 aliphatic heterocycles. The Morgan fingerprint density at radius 2 is 1.87 bits per heavy atom. The van der Waals surface area contributed by atoms with E-state index in [4.69, 9.17) is 0 Å². The molecule has 2 aromatic carbocycles. The largest absolute Gasteiger partial charge is 0.481 e. The highest BCUT2D eigenvalue weighted by Gasteiger charge is 2.51. The number of benzene rings is 2. The van der Waals surface area contributed by atoms with Crippen LogP contribution in [0.4, 0.5) is 10.1 Å². The third-order valence-corrected chi connectivity index (χ3v) is 8.19. The lowest BCUT2D eigenvalue weighted by molar-refractivity contribution is -0.146. The van der Waals surface area contributed by atoms with Gasteiger partial charge in [0.15, 0.2) is 4.34 Å². The van der Waals surface area contributed by atoms with Gasteiger partial charge in [-0.2, -0.15) is 0 Å². The maximum atomic E-state index is 13.0. The molecule has 31 heavy (non-hydrogen) atoms. The third-order valence-electron chi connectivity index (χ3n) is 5.96. The van der Waals surface area contributed by atoms with Crippen LogP contribution in [0.2, 0.25) is 0 Å². The number of carboxylic acids is 1. The summed E-state index contributed by atoms with van der Waals surface area (Å²) >= 11 is 3.11. The summed E-state index contributed by atoms with van der Waals surface area (Å²) in [6.07, 6.45) is 4.64. The van der Waals surface area contributed by atoms with Crippen molar-refractivity contribution in [2.75, 3.05) is 5.32 Å². The first-order chi connectivity index (χ1) is 15.0. The summed E-state index contributed by atoms with van der Waals surface area (Å²) in [6, 6.07) is 12.0. The van der Waals surface area contributed by atoms with Crippen LogP contribution < -0.4 is 5.32 Å². The quantitative estimate of drug-likeness (QED) is 0.396. The van der Waals surface area contributed by atoms with Crippen molar-refractivity contribution in [3.8, 4) is 0 Å². The van der Waals surface area contributed by atoms with Crippen LogP contribution in [0, 0.1) is 29.5 Å². The number of hydrogen-bond acceptors (Lipinski definition) is 5. The zero-order chi connectivity index (χ0) is 21.5. The van der Waals surface area contributed by atoms with Crippen LogP contribution in [0.1, 0.15) is 12.0 Å². The van der Waals surface area contributed by atoms with E-state index in [9.17, 15) is 19.1 Å². The van der Waals surface area contributed by atoms with E-state index in [-0.39, 0.29) is 23.6 Å². The van der Waals surface area contributed by atoms with Crippen LogP contribution in [0.25, 0.3) is 10.2 Å². The molecule has 0 radical (unpaired) electrons. The van der Waals surface area contributed by atoms with Gasteiger partial charge in [0.2, 0.25) is 5.91 Å². The van der Waals surface area contributed by atoms with E-state index >= 15 is 0 Å². The van der Waals surface area contributed by atoms with E-state index in [1.54, 1.807) is 30.0 Å². The Balaban J connectivity index is 1.29. The SMILES string of the molecule is O=C(O)[C@H]1[C@H](C(=O)Nc2ccc3nc(SCc4ccc(F)cc4)sc3c2)[C@H]2C=C[C@H]1C2. The summed E-state index contributed by atoms with van der Waals surface area (Å²) in [5, 5.41) is 12.5. The number of amides is 1. The van der Waals surface area contributed by atoms with Crippen LogP contribution in [-0.4, -0.2) is 22.0 Å². The van der Waals surface area contributed by atoms with Crippen molar-refractivity contribution in [1.82, 2.24) is 4.98 Å². The molecule has 1 aromatic heterocycles. The highest BCUT2D eigenvalue weighted by molar-refractivity contribution is 8.00. The van der Waals surface area contributed by atoms with Gasteiger partial charge < -0.3 is 10.4 Å². The summed E-state index contributed by atoms with van der Waals surface area (Å²) < 4.78 is 14.9. The fourth-order valence-corrected chi connectivity index (χ4v) is 6.57. The molecule has 5 nitrogen and oxygen atoms in total. The van der Waals surface area contributed by atoms with E-state index in [2.05, 4.69) is 10.3 Å². The molecule has 1 amide bonds. The Bertz CT molecular complexity index is 1190. The Morgan fingerprint density at radius 3 is 2.61 bits per heavy atom. The molecule has 1 fully saturated rings. The molecule has 1 saturated carbocycles. The van der Waals surface area contributed by atoms with Crippen LogP contribution in [0.15, 0.2) is 59.0 Å². The average Bonchev–Trinajstić information content (AvgIpc) is 3.47. The van der Waals surface area contributed by atoms with Gasteiger partial charge in [-0.25, -0.2) is 9.37 Å². The van der Waals surface area contributed by atoms with E-state index in [0.29, 0.717) is 11.4 Å². The minimum absolute atomic E-state index is 0.00676. The molecule has 5 rings (SSSR count). The normalized spacial score (nSPS) is 24.0. The lowest BCUT2D eigenvalue weighted by Gasteiger charge is -2.23. The molecular formula is C23H19FN2O3S2. The predicted molar refractivity (Wildman–Crippen MR) is 120 cm³/mol. The number of anilines is 1. The number of carbonyl (C=O) groups excluding carboxylic acids is 1. The van der Waals surface area contributed by atoms with Gasteiger partial charge >= 0.3 is 5.97 Å². The predicted octanol–water partition coefficient (Wildman–Crippen LogP) is 5.19. The zero-order valence-electron chi connectivity index (χ0n) is 16.3. The van der Waals surface area contributed by atoms with Crippen molar-refractivity contribution in [2.24, 2.45) is 23.7 Å². The van der Waals surface area contributed by atoms with Gasteiger partial charge in [-0.05, 0) is 54.2 Å². The van der Waals surface area contributed by atoms with Gasteiger partial charge in [-0.3, -0.25) is 9.59 Å². The zero-order valence-corrected chi connectivity index (χ0v) is 18.0. The van der Waals surface area contributed by atoms with Crippen LogP contribution in [0.3, 0.4) is 0 Å². The number of halogens is 1. The van der Waals surface area contributed by atoms with E-state index in [1.165, 1.54) is 23.5 Å². The summed E-state index contributed by atoms with van der Waals surface area (Å²) in [7, 11) is 0. The number of hydrogen-bond donors (Lipinski definition) is 2. The molecule has 0 saturated heterocycles. The lowest BCUT2D eigenvalue weighted by atomic mass is 9.82. The molecule has 1 heterocycles. The molecule has 0 spiro atoms. The highest BCUT2D eigenvalue weighted by atomic mass is 32.2. The number of thioether (sulfide) groups is 1. The monoisotopic (exact) mass is 454 g/mol. The van der Waals surface area contributed by atoms with Gasteiger partial charge in [0.25, 0.3) is 0 Å². The van der Waals surface area contributed by atoms with Crippen LogP contribution >= 0.6 is 23.1 Å². The molecular weight excluding hydrogens is 435 g/mol. The van der Waals surface area contributed by atoms with Gasteiger partial charge in [0.1, 0.15) is 5.82 Å². The maximum Gasteiger partial charge on any atom is 0.307 e. The molecule has 0 unspecified atom stereocenters. The van der Waals surface area contributed by atoms with Gasteiger partial charge in [-0.15, -0.1) is 11.3 Å². The lowest BCUT2D eigenvalue weighted by Crippen LogP contribution is -2.36. The van der Waals surface area contributed by atoms with E-state index in [0.717, 1.165) is 26.5 Å². The fraction of sp³-hybridized carbons (Fsp3) is 0.261. The number of carboxylic acid groups (broad SMARTS) is 1. The number of nitrogens with zero attached hydrogens (tertiary/aromatic N) is 1. The molecule has 2 aliphatic rings. The molecule has 8 heteroatoms. The van der Waals surface area contributed by atoms with Crippen molar-refractivity contribution < 1.29 is 19.1 Å². The number of aliphatic carboxylic acids is 1. The topological polar surface area (TPSA) is 79.3 Å². The second kappa shape index (κ2) is 8.09. The Hall–Kier alpha value is -2.71. The first kappa shape index (κ1) is 20.2. The summed E-state index contributed by atoms with van der Waals surface area (Å²) in [5.74, 6) is -1.95. The number of thiazole rings is 1. The summed E-state index contributed by atoms with van der Waals surface area (Å²) in [4.78, 5) is 29.2. The van der Waals surface area contributed by atoms with Crippen molar-refractivity contribution in [2.45, 2.75) is 16.5 Å². The second-order valence-corrected chi connectivity index (χ2v) is 10.2. The molecule has 2 aliphatic carbocycles. The number of rotatable bonds is 6. The number of allylic oxidation sites excluding steroid dienone is 2. The molecule has 158 valence electrons. The number of carbonyl (C=O) groups is 2. The maximum absolute atomic E-state index is 13.0. The minimum Gasteiger partial charge on any atom is -0.481 e.